The van der Waals surface area contributed by atoms with Gasteiger partial charge in [-0.3, -0.25) is 9.80 Å². The molecular weight excluding hydrogens is 476 g/mol. The first-order valence-electron chi connectivity index (χ1n) is 15.8. The molecule has 0 N–H and O–H groups in total. The number of hydrogen-bond acceptors (Lipinski definition) is 6. The van der Waals surface area contributed by atoms with Gasteiger partial charge in [0.15, 0.2) is 11.6 Å². The molecule has 4 aliphatic heterocycles. The summed E-state index contributed by atoms with van der Waals surface area (Å²) in [6.07, 6.45) is 14.6. The van der Waals surface area contributed by atoms with E-state index in [2.05, 4.69) is 65.2 Å². The summed E-state index contributed by atoms with van der Waals surface area (Å²) in [5.74, 6) is -0.714. The van der Waals surface area contributed by atoms with Crippen molar-refractivity contribution >= 4 is 0 Å². The van der Waals surface area contributed by atoms with E-state index in [4.69, 9.17) is 18.9 Å². The summed E-state index contributed by atoms with van der Waals surface area (Å²) in [5.41, 5.74) is 0.394. The molecule has 0 saturated carbocycles. The molecule has 6 heteroatoms. The number of hydrogen-bond donors (Lipinski definition) is 0. The summed E-state index contributed by atoms with van der Waals surface area (Å²) in [6.45, 7) is 24.3. The number of unbranched alkanes of at least 4 members (excludes halogenated alkanes) is 7. The molecule has 0 atom stereocenters. The van der Waals surface area contributed by atoms with Crippen LogP contribution in [-0.2, 0) is 18.9 Å². The van der Waals surface area contributed by atoms with E-state index in [-0.39, 0.29) is 33.7 Å². The molecule has 222 valence electrons. The molecule has 4 saturated heterocycles. The van der Waals surface area contributed by atoms with Gasteiger partial charge in [-0.25, -0.2) is 0 Å². The van der Waals surface area contributed by atoms with Gasteiger partial charge < -0.3 is 18.9 Å². The minimum atomic E-state index is -0.357. The average molecular weight is 537 g/mol. The Hall–Kier alpha value is -0.240. The molecule has 0 bridgehead atoms. The zero-order valence-electron chi connectivity index (χ0n) is 26.3. The third-order valence-corrected chi connectivity index (χ3v) is 9.87. The number of ether oxygens (including phenoxy) is 4. The summed E-state index contributed by atoms with van der Waals surface area (Å²) >= 11 is 0. The maximum atomic E-state index is 6.11. The van der Waals surface area contributed by atoms with Crippen molar-refractivity contribution in [3.8, 4) is 0 Å². The van der Waals surface area contributed by atoms with Crippen LogP contribution in [0.3, 0.4) is 0 Å². The van der Waals surface area contributed by atoms with Gasteiger partial charge in [0.1, 0.15) is 0 Å². The fourth-order valence-electron chi connectivity index (χ4n) is 9.00. The summed E-state index contributed by atoms with van der Waals surface area (Å²) < 4.78 is 24.4. The summed E-state index contributed by atoms with van der Waals surface area (Å²) in [7, 11) is 0. The van der Waals surface area contributed by atoms with Crippen LogP contribution >= 0.6 is 0 Å². The summed E-state index contributed by atoms with van der Waals surface area (Å²) in [6, 6.07) is 0. The smallest absolute Gasteiger partial charge is 0.171 e. The van der Waals surface area contributed by atoms with Crippen LogP contribution in [0.4, 0.5) is 0 Å². The van der Waals surface area contributed by atoms with Gasteiger partial charge in [-0.1, -0.05) is 38.5 Å². The SMILES string of the molecule is CC1(C)CC2(CC(C)(C)N1CCCCCCCCCCN1C(C)(C)CC3(CC1(C)C)OCCO3)OCCO2. The normalized spacial score (nSPS) is 29.4. The first-order valence-corrected chi connectivity index (χ1v) is 15.8. The van der Waals surface area contributed by atoms with Gasteiger partial charge in [0.25, 0.3) is 0 Å². The van der Waals surface area contributed by atoms with Gasteiger partial charge >= 0.3 is 0 Å². The molecule has 0 radical (unpaired) electrons. The first kappa shape index (κ1) is 30.7. The zero-order chi connectivity index (χ0) is 27.7. The molecule has 38 heavy (non-hydrogen) atoms. The van der Waals surface area contributed by atoms with Crippen LogP contribution in [0.25, 0.3) is 0 Å². The Labute approximate surface area is 234 Å². The van der Waals surface area contributed by atoms with Gasteiger partial charge in [-0.05, 0) is 81.3 Å². The lowest BCUT2D eigenvalue weighted by Gasteiger charge is -2.57. The van der Waals surface area contributed by atoms with Crippen molar-refractivity contribution in [3.63, 3.8) is 0 Å². The quantitative estimate of drug-likeness (QED) is 0.268. The molecule has 6 nitrogen and oxygen atoms in total. The Kier molecular flexibility index (Phi) is 9.35. The molecule has 4 heterocycles. The number of nitrogens with zero attached hydrogens (tertiary/aromatic N) is 2. The molecule has 0 aliphatic carbocycles. The number of piperidine rings is 2. The molecular formula is C32H60N2O4. The molecule has 4 fully saturated rings. The molecule has 4 aliphatic rings. The van der Waals surface area contributed by atoms with Crippen molar-refractivity contribution < 1.29 is 18.9 Å². The maximum Gasteiger partial charge on any atom is 0.171 e. The fraction of sp³-hybridized carbons (Fsp3) is 1.00. The Morgan fingerprint density at radius 2 is 0.632 bits per heavy atom. The van der Waals surface area contributed by atoms with E-state index in [1.54, 1.807) is 0 Å². The van der Waals surface area contributed by atoms with Gasteiger partial charge in [-0.2, -0.15) is 0 Å². The number of likely N-dealkylation sites (tertiary alicyclic amines) is 2. The molecule has 4 rings (SSSR count). The second-order valence-electron chi connectivity index (χ2n) is 15.3. The fourth-order valence-corrected chi connectivity index (χ4v) is 9.00. The lowest BCUT2D eigenvalue weighted by Crippen LogP contribution is -2.65. The first-order chi connectivity index (χ1) is 17.7. The minimum Gasteiger partial charge on any atom is -0.347 e. The van der Waals surface area contributed by atoms with Crippen LogP contribution in [-0.4, -0.2) is 83.0 Å². The Morgan fingerprint density at radius 1 is 0.395 bits per heavy atom. The van der Waals surface area contributed by atoms with Crippen molar-refractivity contribution in [2.75, 3.05) is 39.5 Å². The van der Waals surface area contributed by atoms with E-state index in [9.17, 15) is 0 Å². The molecule has 0 amide bonds. The molecule has 2 spiro atoms. The van der Waals surface area contributed by atoms with Crippen LogP contribution in [0.1, 0.15) is 132 Å². The largest absolute Gasteiger partial charge is 0.347 e. The van der Waals surface area contributed by atoms with E-state index < -0.39 is 0 Å². The maximum absolute atomic E-state index is 6.11. The van der Waals surface area contributed by atoms with Crippen molar-refractivity contribution in [1.82, 2.24) is 9.80 Å². The second kappa shape index (κ2) is 11.6. The van der Waals surface area contributed by atoms with Gasteiger partial charge in [0, 0.05) is 47.8 Å². The molecule has 0 aromatic carbocycles. The number of rotatable bonds is 11. The average Bonchev–Trinajstić information content (AvgIpc) is 3.39. The lowest BCUT2D eigenvalue weighted by atomic mass is 9.76. The molecule has 0 aromatic heterocycles. The van der Waals surface area contributed by atoms with Crippen LogP contribution < -0.4 is 0 Å². The van der Waals surface area contributed by atoms with Crippen LogP contribution in [0.5, 0.6) is 0 Å². The van der Waals surface area contributed by atoms with E-state index >= 15 is 0 Å². The molecule has 0 aromatic rings. The highest BCUT2D eigenvalue weighted by Gasteiger charge is 2.56. The molecule has 0 unspecified atom stereocenters. The highest BCUT2D eigenvalue weighted by atomic mass is 16.7. The van der Waals surface area contributed by atoms with Gasteiger partial charge in [0.05, 0.1) is 26.4 Å². The van der Waals surface area contributed by atoms with Gasteiger partial charge in [0.2, 0.25) is 0 Å². The lowest BCUT2D eigenvalue weighted by molar-refractivity contribution is -0.239. The van der Waals surface area contributed by atoms with E-state index in [0.717, 1.165) is 52.1 Å². The summed E-state index contributed by atoms with van der Waals surface area (Å²) in [5, 5.41) is 0. The van der Waals surface area contributed by atoms with Crippen LogP contribution in [0, 0.1) is 0 Å². The van der Waals surface area contributed by atoms with E-state index in [1.807, 2.05) is 0 Å². The standard InChI is InChI=1S/C32H60N2O4/c1-27(2)23-31(35-19-20-36-31)24-28(3,4)33(27)17-15-13-11-9-10-12-14-16-18-34-29(5,6)25-32(26-30(34,7)8)37-21-22-38-32/h9-26H2,1-8H3. The monoisotopic (exact) mass is 536 g/mol. The van der Waals surface area contributed by atoms with Crippen molar-refractivity contribution in [1.29, 1.82) is 0 Å². The minimum absolute atomic E-state index is 0.0985. The Balaban J connectivity index is 1.09. The van der Waals surface area contributed by atoms with Crippen molar-refractivity contribution in [2.45, 2.75) is 166 Å². The topological polar surface area (TPSA) is 43.4 Å². The zero-order valence-corrected chi connectivity index (χ0v) is 26.3. The van der Waals surface area contributed by atoms with Crippen LogP contribution in [0.2, 0.25) is 0 Å². The predicted octanol–water partition coefficient (Wildman–Crippen LogP) is 6.90. The Morgan fingerprint density at radius 3 is 0.895 bits per heavy atom. The third-order valence-electron chi connectivity index (χ3n) is 9.87. The second-order valence-corrected chi connectivity index (χ2v) is 15.3. The van der Waals surface area contributed by atoms with E-state index in [0.29, 0.717) is 0 Å². The van der Waals surface area contributed by atoms with E-state index in [1.165, 1.54) is 64.5 Å². The van der Waals surface area contributed by atoms with Crippen molar-refractivity contribution in [3.05, 3.63) is 0 Å². The third kappa shape index (κ3) is 6.97. The highest BCUT2D eigenvalue weighted by molar-refractivity contribution is 5.06. The van der Waals surface area contributed by atoms with Crippen molar-refractivity contribution in [2.24, 2.45) is 0 Å². The predicted molar refractivity (Wildman–Crippen MR) is 154 cm³/mol. The Bertz CT molecular complexity index is 661. The highest BCUT2D eigenvalue weighted by Crippen LogP contribution is 2.48. The summed E-state index contributed by atoms with van der Waals surface area (Å²) in [4.78, 5) is 5.46. The van der Waals surface area contributed by atoms with Crippen LogP contribution in [0.15, 0.2) is 0 Å². The van der Waals surface area contributed by atoms with Gasteiger partial charge in [-0.15, -0.1) is 0 Å².